The number of halogens is 4. The lowest BCUT2D eigenvalue weighted by molar-refractivity contribution is 0.0817. The molecule has 0 spiro atoms. The molecule has 0 fully saturated rings. The fourth-order valence-electron chi connectivity index (χ4n) is 7.60. The van der Waals surface area contributed by atoms with E-state index in [0.29, 0.717) is 22.8 Å². The van der Waals surface area contributed by atoms with Gasteiger partial charge in [0.25, 0.3) is 0 Å². The van der Waals surface area contributed by atoms with Gasteiger partial charge in [0.05, 0.1) is 33.8 Å². The molecule has 0 saturated heterocycles. The van der Waals surface area contributed by atoms with Gasteiger partial charge in [0.15, 0.2) is 0 Å². The minimum atomic E-state index is -0.749. The molecule has 0 atom stereocenters. The summed E-state index contributed by atoms with van der Waals surface area (Å²) in [6.07, 6.45) is 0. The van der Waals surface area contributed by atoms with E-state index in [2.05, 4.69) is 48.5 Å². The van der Waals surface area contributed by atoms with Crippen molar-refractivity contribution in [3.8, 4) is 22.5 Å². The standard InChI is InChI=1S/C28H16F2N2.C14H8F2O2.C14H12N2/c29-23-9-5-17(6-10-23)27-28(18-7-11-24(30)12-8-18)32-26-16-22-14-20-4-2-1-3-19(20)13-21(22)15-25(26)31-27;15-11-5-1-9(2-6-11)13(17)14(18)10-3-7-12(16)8-4-10;15-13-7-11-5-9-3-1-2-4-10(9)6-12(11)8-14(13)16/h1-16H;1-8H;1-8H,15-16H2. The summed E-state index contributed by atoms with van der Waals surface area (Å²) in [4.78, 5) is 33.4. The highest BCUT2D eigenvalue weighted by molar-refractivity contribution is 6.49. The fraction of sp³-hybridized carbons (Fsp3) is 0. The van der Waals surface area contributed by atoms with Crippen LogP contribution in [0.1, 0.15) is 20.7 Å². The lowest BCUT2D eigenvalue weighted by atomic mass is 10.0. The Morgan fingerprint density at radius 1 is 0.333 bits per heavy atom. The number of carbonyl (C=O) groups excluding carboxylic acids is 2. The highest BCUT2D eigenvalue weighted by Crippen LogP contribution is 2.34. The zero-order chi connectivity index (χ0) is 45.9. The number of ketones is 2. The first-order chi connectivity index (χ1) is 31.9. The first-order valence-electron chi connectivity index (χ1n) is 20.7. The number of carbonyl (C=O) groups is 2. The molecule has 1 heterocycles. The number of hydrogen-bond donors (Lipinski definition) is 2. The van der Waals surface area contributed by atoms with Crippen molar-refractivity contribution in [3.05, 3.63) is 229 Å². The molecule has 0 aliphatic rings. The lowest BCUT2D eigenvalue weighted by Crippen LogP contribution is -2.14. The molecule has 4 N–H and O–H groups in total. The number of Topliss-reactive ketones (excluding diaryl/α,β-unsaturated/α-hetero) is 2. The van der Waals surface area contributed by atoms with Crippen molar-refractivity contribution < 1.29 is 27.2 Å². The molecule has 11 aromatic rings. The number of aromatic nitrogens is 2. The first-order valence-corrected chi connectivity index (χ1v) is 20.7. The van der Waals surface area contributed by atoms with E-state index in [1.165, 1.54) is 59.3 Å². The van der Waals surface area contributed by atoms with Gasteiger partial charge in [-0.15, -0.1) is 0 Å². The average molecular weight is 873 g/mol. The largest absolute Gasteiger partial charge is 0.397 e. The van der Waals surface area contributed by atoms with E-state index in [1.807, 2.05) is 48.5 Å². The zero-order valence-electron chi connectivity index (χ0n) is 34.9. The number of nitrogen functional groups attached to an aromatic ring is 2. The molecular formula is C56H36F4N4O2. The monoisotopic (exact) mass is 872 g/mol. The lowest BCUT2D eigenvalue weighted by Gasteiger charge is -2.12. The minimum absolute atomic E-state index is 0.103. The van der Waals surface area contributed by atoms with Gasteiger partial charge in [-0.1, -0.05) is 48.5 Å². The normalized spacial score (nSPS) is 11.0. The molecule has 0 radical (unpaired) electrons. The second-order valence-corrected chi connectivity index (χ2v) is 15.5. The predicted octanol–water partition coefficient (Wildman–Crippen LogP) is 13.7. The molecule has 0 aliphatic heterocycles. The van der Waals surface area contributed by atoms with Gasteiger partial charge in [-0.25, -0.2) is 27.5 Å². The summed E-state index contributed by atoms with van der Waals surface area (Å²) in [7, 11) is 0. The molecular weight excluding hydrogens is 837 g/mol. The van der Waals surface area contributed by atoms with Crippen molar-refractivity contribution in [2.75, 3.05) is 11.5 Å². The number of benzene rings is 10. The molecule has 320 valence electrons. The van der Waals surface area contributed by atoms with E-state index < -0.39 is 23.2 Å². The number of fused-ring (bicyclic) bond motifs is 5. The Balaban J connectivity index is 0.000000136. The van der Waals surface area contributed by atoms with E-state index in [-0.39, 0.29) is 22.8 Å². The van der Waals surface area contributed by atoms with Crippen molar-refractivity contribution >= 4 is 77.1 Å². The summed E-state index contributed by atoms with van der Waals surface area (Å²) < 4.78 is 52.5. The van der Waals surface area contributed by atoms with Crippen LogP contribution in [0.25, 0.3) is 76.6 Å². The Hall–Kier alpha value is -8.76. The van der Waals surface area contributed by atoms with Crippen molar-refractivity contribution in [2.45, 2.75) is 0 Å². The van der Waals surface area contributed by atoms with Gasteiger partial charge in [0.2, 0.25) is 11.6 Å². The third kappa shape index (κ3) is 9.15. The summed E-state index contributed by atoms with van der Waals surface area (Å²) in [5.74, 6) is -3.10. The van der Waals surface area contributed by atoms with Gasteiger partial charge >= 0.3 is 0 Å². The third-order valence-corrected chi connectivity index (χ3v) is 11.0. The van der Waals surface area contributed by atoms with Crippen LogP contribution in [0.2, 0.25) is 0 Å². The number of rotatable bonds is 5. The fourth-order valence-corrected chi connectivity index (χ4v) is 7.60. The van der Waals surface area contributed by atoms with Crippen LogP contribution < -0.4 is 11.5 Å². The maximum atomic E-state index is 13.5. The average Bonchev–Trinajstić information content (AvgIpc) is 3.33. The molecule has 0 amide bonds. The van der Waals surface area contributed by atoms with Crippen LogP contribution in [0, 0.1) is 23.3 Å². The Kier molecular flexibility index (Phi) is 11.7. The number of nitrogens with two attached hydrogens (primary N) is 2. The van der Waals surface area contributed by atoms with Crippen LogP contribution in [0.3, 0.4) is 0 Å². The van der Waals surface area contributed by atoms with E-state index in [4.69, 9.17) is 21.4 Å². The second kappa shape index (κ2) is 18.1. The molecule has 0 saturated carbocycles. The summed E-state index contributed by atoms with van der Waals surface area (Å²) in [5, 5.41) is 9.17. The van der Waals surface area contributed by atoms with Crippen LogP contribution in [-0.4, -0.2) is 21.5 Å². The van der Waals surface area contributed by atoms with Crippen LogP contribution in [0.5, 0.6) is 0 Å². The van der Waals surface area contributed by atoms with Gasteiger partial charge in [-0.05, 0) is 189 Å². The van der Waals surface area contributed by atoms with E-state index in [9.17, 15) is 27.2 Å². The van der Waals surface area contributed by atoms with Crippen LogP contribution in [0.15, 0.2) is 194 Å². The Labute approximate surface area is 375 Å². The summed E-state index contributed by atoms with van der Waals surface area (Å²) in [6.45, 7) is 0. The second-order valence-electron chi connectivity index (χ2n) is 15.5. The van der Waals surface area contributed by atoms with Crippen molar-refractivity contribution in [2.24, 2.45) is 0 Å². The maximum absolute atomic E-state index is 13.5. The smallest absolute Gasteiger partial charge is 0.233 e. The molecule has 66 heavy (non-hydrogen) atoms. The Bertz CT molecular complexity index is 3380. The van der Waals surface area contributed by atoms with Crippen molar-refractivity contribution in [1.29, 1.82) is 0 Å². The van der Waals surface area contributed by atoms with E-state index in [1.54, 1.807) is 24.3 Å². The number of nitrogens with zero attached hydrogens (tertiary/aromatic N) is 2. The molecule has 0 bridgehead atoms. The van der Waals surface area contributed by atoms with Gasteiger partial charge in [0, 0.05) is 22.3 Å². The minimum Gasteiger partial charge on any atom is -0.397 e. The maximum Gasteiger partial charge on any atom is 0.233 e. The zero-order valence-corrected chi connectivity index (χ0v) is 34.9. The summed E-state index contributed by atoms with van der Waals surface area (Å²) in [6, 6.07) is 54.7. The van der Waals surface area contributed by atoms with Crippen molar-refractivity contribution in [3.63, 3.8) is 0 Å². The Morgan fingerprint density at radius 3 is 0.909 bits per heavy atom. The Morgan fingerprint density at radius 2 is 0.606 bits per heavy atom. The van der Waals surface area contributed by atoms with Gasteiger partial charge < -0.3 is 11.5 Å². The van der Waals surface area contributed by atoms with Crippen LogP contribution in [0.4, 0.5) is 28.9 Å². The number of hydrogen-bond acceptors (Lipinski definition) is 6. The molecule has 0 aliphatic carbocycles. The molecule has 6 nitrogen and oxygen atoms in total. The van der Waals surface area contributed by atoms with Gasteiger partial charge in [-0.3, -0.25) is 9.59 Å². The molecule has 10 aromatic carbocycles. The summed E-state index contributed by atoms with van der Waals surface area (Å²) in [5.41, 5.74) is 17.3. The van der Waals surface area contributed by atoms with Crippen LogP contribution >= 0.6 is 0 Å². The molecule has 10 heteroatoms. The number of anilines is 2. The first kappa shape index (κ1) is 42.5. The molecule has 1 aromatic heterocycles. The van der Waals surface area contributed by atoms with E-state index >= 15 is 0 Å². The highest BCUT2D eigenvalue weighted by Gasteiger charge is 2.18. The highest BCUT2D eigenvalue weighted by atomic mass is 19.1. The topological polar surface area (TPSA) is 112 Å². The molecule has 0 unspecified atom stereocenters. The van der Waals surface area contributed by atoms with Gasteiger partial charge in [-0.2, -0.15) is 0 Å². The molecule has 11 rings (SSSR count). The van der Waals surface area contributed by atoms with Gasteiger partial charge in [0.1, 0.15) is 23.3 Å². The third-order valence-electron chi connectivity index (χ3n) is 11.0. The quantitative estimate of drug-likeness (QED) is 0.0586. The predicted molar refractivity (Wildman–Crippen MR) is 257 cm³/mol. The SMILES string of the molecule is Fc1ccc(-c2nc3cc4cc5ccccc5cc4cc3nc2-c2ccc(F)cc2)cc1.Nc1cc2cc3ccccc3cc2cc1N.O=C(C(=O)c1ccc(F)cc1)c1ccc(F)cc1. The van der Waals surface area contributed by atoms with Crippen LogP contribution in [-0.2, 0) is 0 Å². The summed E-state index contributed by atoms with van der Waals surface area (Å²) >= 11 is 0. The van der Waals surface area contributed by atoms with Crippen molar-refractivity contribution in [1.82, 2.24) is 9.97 Å². The van der Waals surface area contributed by atoms with E-state index in [0.717, 1.165) is 78.7 Å².